The van der Waals surface area contributed by atoms with Crippen LogP contribution in [0.25, 0.3) is 10.2 Å². The normalized spacial score (nSPS) is 12.3. The summed E-state index contributed by atoms with van der Waals surface area (Å²) in [7, 11) is -4.34. The van der Waals surface area contributed by atoms with E-state index in [9.17, 15) is 13.2 Å². The molecule has 0 saturated heterocycles. The number of carbonyl (C=O) groups is 1. The molecule has 0 bridgehead atoms. The summed E-state index contributed by atoms with van der Waals surface area (Å²) in [6.45, 7) is 5.14. The van der Waals surface area contributed by atoms with E-state index in [0.717, 1.165) is 15.8 Å². The molecule has 1 aromatic heterocycles. The molecule has 29 heavy (non-hydrogen) atoms. The Labute approximate surface area is 172 Å². The van der Waals surface area contributed by atoms with E-state index in [1.54, 1.807) is 19.1 Å². The molecule has 3 N–H and O–H groups in total. The summed E-state index contributed by atoms with van der Waals surface area (Å²) in [5.74, 6) is 0.270. The molecule has 0 unspecified atom stereocenters. The molecule has 10 heteroatoms. The lowest BCUT2D eigenvalue weighted by molar-refractivity contribution is 0.172. The number of alkyl carbamates (subject to hydrolysis) is 1. The van der Waals surface area contributed by atoms with Gasteiger partial charge in [0.05, 0.1) is 27.7 Å². The Morgan fingerprint density at radius 2 is 1.93 bits per heavy atom. The van der Waals surface area contributed by atoms with Crippen LogP contribution < -0.4 is 10.0 Å². The van der Waals surface area contributed by atoms with Gasteiger partial charge in [-0.25, -0.2) is 9.78 Å². The van der Waals surface area contributed by atoms with E-state index in [1.807, 2.05) is 29.0 Å². The highest BCUT2D eigenvalue weighted by atomic mass is 32.2. The highest BCUT2D eigenvalue weighted by Crippen LogP contribution is 2.29. The van der Waals surface area contributed by atoms with Crippen LogP contribution in [0.5, 0.6) is 0 Å². The predicted octanol–water partition coefficient (Wildman–Crippen LogP) is 4.05. The minimum absolute atomic E-state index is 0.224. The molecule has 3 rings (SSSR count). The Balaban J connectivity index is 1.84. The summed E-state index contributed by atoms with van der Waals surface area (Å²) >= 11 is 1.47. The largest absolute Gasteiger partial charge is 0.416 e. The Bertz CT molecular complexity index is 1110. The maximum Gasteiger partial charge on any atom is 0.412 e. The van der Waals surface area contributed by atoms with Gasteiger partial charge in [-0.1, -0.05) is 30.8 Å². The maximum absolute atomic E-state index is 12.1. The number of hydrogen-bond donors (Lipinski definition) is 3. The molecule has 152 valence electrons. The number of hydrogen-bond acceptors (Lipinski definition) is 6. The maximum atomic E-state index is 12.1. The second kappa shape index (κ2) is 8.60. The van der Waals surface area contributed by atoms with Gasteiger partial charge in [0.25, 0.3) is 0 Å². The second-order valence-corrected chi connectivity index (χ2v) is 8.50. The molecule has 0 aliphatic carbocycles. The first-order valence-electron chi connectivity index (χ1n) is 8.53. The van der Waals surface area contributed by atoms with Crippen molar-refractivity contribution in [2.24, 2.45) is 0 Å². The topological polar surface area (TPSA) is 118 Å². The Morgan fingerprint density at radius 1 is 1.24 bits per heavy atom. The molecule has 0 radical (unpaired) electrons. The van der Waals surface area contributed by atoms with E-state index in [0.29, 0.717) is 11.4 Å². The lowest BCUT2D eigenvalue weighted by Crippen LogP contribution is -2.30. The van der Waals surface area contributed by atoms with E-state index >= 15 is 0 Å². The SMILES string of the molecule is C=C(C)OC(=O)N[C@@H](Cc1ccc(NS(=O)(=O)O)cc1)c1nc2ccccc2s1. The van der Waals surface area contributed by atoms with Crippen LogP contribution in [0.4, 0.5) is 10.5 Å². The number of nitrogens with one attached hydrogen (secondary N) is 2. The van der Waals surface area contributed by atoms with E-state index in [2.05, 4.69) is 16.9 Å². The van der Waals surface area contributed by atoms with Crippen molar-refractivity contribution in [3.8, 4) is 0 Å². The number of rotatable bonds is 7. The first-order valence-corrected chi connectivity index (χ1v) is 10.8. The Hall–Kier alpha value is -2.95. The van der Waals surface area contributed by atoms with Gasteiger partial charge in [-0.05, 0) is 43.2 Å². The van der Waals surface area contributed by atoms with Crippen molar-refractivity contribution in [1.29, 1.82) is 0 Å². The van der Waals surface area contributed by atoms with Crippen LogP contribution in [-0.4, -0.2) is 24.0 Å². The number of ether oxygens (including phenoxy) is 1. The molecule has 0 aliphatic heterocycles. The van der Waals surface area contributed by atoms with Crippen LogP contribution in [-0.2, 0) is 21.5 Å². The fourth-order valence-corrected chi connectivity index (χ4v) is 4.12. The number of para-hydroxylation sites is 1. The molecule has 0 spiro atoms. The number of allylic oxidation sites excluding steroid dienone is 1. The highest BCUT2D eigenvalue weighted by molar-refractivity contribution is 7.87. The zero-order valence-corrected chi connectivity index (χ0v) is 17.1. The number of nitrogens with zero attached hydrogens (tertiary/aromatic N) is 1. The lowest BCUT2D eigenvalue weighted by Gasteiger charge is -2.17. The van der Waals surface area contributed by atoms with Crippen molar-refractivity contribution in [3.63, 3.8) is 0 Å². The molecule has 1 amide bonds. The average molecular weight is 434 g/mol. The summed E-state index contributed by atoms with van der Waals surface area (Å²) in [6, 6.07) is 13.6. The zero-order chi connectivity index (χ0) is 21.0. The van der Waals surface area contributed by atoms with Crippen LogP contribution in [0.1, 0.15) is 23.5 Å². The molecule has 0 aliphatic rings. The number of benzene rings is 2. The van der Waals surface area contributed by atoms with Gasteiger partial charge in [-0.2, -0.15) is 8.42 Å². The monoisotopic (exact) mass is 433 g/mol. The molecule has 3 aromatic rings. The van der Waals surface area contributed by atoms with Gasteiger partial charge < -0.3 is 10.1 Å². The fourth-order valence-electron chi connectivity index (χ4n) is 2.66. The number of anilines is 1. The third kappa shape index (κ3) is 6.01. The highest BCUT2D eigenvalue weighted by Gasteiger charge is 2.20. The number of aromatic nitrogens is 1. The van der Waals surface area contributed by atoms with Crippen molar-refractivity contribution in [2.75, 3.05) is 4.72 Å². The molecular weight excluding hydrogens is 414 g/mol. The molecule has 8 nitrogen and oxygen atoms in total. The minimum Gasteiger partial charge on any atom is -0.416 e. The van der Waals surface area contributed by atoms with Crippen LogP contribution in [0.2, 0.25) is 0 Å². The van der Waals surface area contributed by atoms with Crippen molar-refractivity contribution in [1.82, 2.24) is 10.3 Å². The van der Waals surface area contributed by atoms with Crippen molar-refractivity contribution >= 4 is 43.6 Å². The molecule has 2 aromatic carbocycles. The standard InChI is InChI=1S/C19H19N3O5S2/c1-12(2)27-19(23)21-16(18-20-15-5-3-4-6-17(15)28-18)11-13-7-9-14(10-8-13)22-29(24,25)26/h3-10,16,22H,1,11H2,2H3,(H,21,23)(H,24,25,26)/t16-/m0/s1. The molecular formula is C19H19N3O5S2. The Morgan fingerprint density at radius 3 is 2.55 bits per heavy atom. The van der Waals surface area contributed by atoms with E-state index in [-0.39, 0.29) is 11.4 Å². The van der Waals surface area contributed by atoms with Crippen LogP contribution in [0.15, 0.2) is 60.9 Å². The summed E-state index contributed by atoms with van der Waals surface area (Å²) in [6.07, 6.45) is -0.233. The van der Waals surface area contributed by atoms with Gasteiger partial charge >= 0.3 is 16.4 Å². The second-order valence-electron chi connectivity index (χ2n) is 6.29. The van der Waals surface area contributed by atoms with Crippen LogP contribution >= 0.6 is 11.3 Å². The third-order valence-electron chi connectivity index (χ3n) is 3.81. The van der Waals surface area contributed by atoms with Crippen molar-refractivity contribution in [3.05, 3.63) is 71.4 Å². The average Bonchev–Trinajstić information content (AvgIpc) is 3.05. The molecule has 0 fully saturated rings. The fraction of sp³-hybridized carbons (Fsp3) is 0.158. The number of thiazole rings is 1. The lowest BCUT2D eigenvalue weighted by atomic mass is 10.1. The summed E-state index contributed by atoms with van der Waals surface area (Å²) in [4.78, 5) is 16.7. The third-order valence-corrected chi connectivity index (χ3v) is 5.45. The first kappa shape index (κ1) is 20.8. The zero-order valence-electron chi connectivity index (χ0n) is 15.5. The van der Waals surface area contributed by atoms with E-state index in [1.165, 1.54) is 23.5 Å². The summed E-state index contributed by atoms with van der Waals surface area (Å²) < 4.78 is 38.7. The molecule has 0 saturated carbocycles. The molecule has 1 heterocycles. The van der Waals surface area contributed by atoms with E-state index in [4.69, 9.17) is 9.29 Å². The van der Waals surface area contributed by atoms with Crippen molar-refractivity contribution < 1.29 is 22.5 Å². The summed E-state index contributed by atoms with van der Waals surface area (Å²) in [5.41, 5.74) is 1.88. The number of carbonyl (C=O) groups excluding carboxylic acids is 1. The predicted molar refractivity (Wildman–Crippen MR) is 112 cm³/mol. The minimum atomic E-state index is -4.34. The number of amides is 1. The van der Waals surface area contributed by atoms with Gasteiger partial charge in [0.1, 0.15) is 5.01 Å². The van der Waals surface area contributed by atoms with Gasteiger partial charge in [0.2, 0.25) is 0 Å². The van der Waals surface area contributed by atoms with Crippen LogP contribution in [0.3, 0.4) is 0 Å². The first-order chi connectivity index (χ1) is 13.7. The summed E-state index contributed by atoms with van der Waals surface area (Å²) in [5, 5.41) is 3.51. The molecule has 1 atom stereocenters. The van der Waals surface area contributed by atoms with Gasteiger partial charge in [0.15, 0.2) is 0 Å². The van der Waals surface area contributed by atoms with Gasteiger partial charge in [0, 0.05) is 0 Å². The Kier molecular flexibility index (Phi) is 6.16. The number of fused-ring (bicyclic) bond motifs is 1. The smallest absolute Gasteiger partial charge is 0.412 e. The van der Waals surface area contributed by atoms with E-state index < -0.39 is 22.4 Å². The van der Waals surface area contributed by atoms with Gasteiger partial charge in [-0.3, -0.25) is 9.27 Å². The van der Waals surface area contributed by atoms with Gasteiger partial charge in [-0.15, -0.1) is 11.3 Å². The van der Waals surface area contributed by atoms with Crippen LogP contribution in [0, 0.1) is 0 Å². The van der Waals surface area contributed by atoms with Crippen molar-refractivity contribution in [2.45, 2.75) is 19.4 Å². The quantitative estimate of drug-likeness (QED) is 0.382.